The van der Waals surface area contributed by atoms with Gasteiger partial charge in [0, 0.05) is 11.9 Å². The lowest BCUT2D eigenvalue weighted by molar-refractivity contribution is -0.140. The third-order valence-electron chi connectivity index (χ3n) is 6.78. The Balaban J connectivity index is 1.29. The lowest BCUT2D eigenvalue weighted by Crippen LogP contribution is -2.51. The highest BCUT2D eigenvalue weighted by molar-refractivity contribution is 7.71. The van der Waals surface area contributed by atoms with Crippen molar-refractivity contribution in [2.24, 2.45) is 23.2 Å². The molecule has 28 heavy (non-hydrogen) atoms. The van der Waals surface area contributed by atoms with E-state index >= 15 is 0 Å². The van der Waals surface area contributed by atoms with Crippen LogP contribution in [-0.2, 0) is 17.8 Å². The number of nitrogens with zero attached hydrogens (tertiary/aromatic N) is 3. The number of allylic oxidation sites excluding steroid dienone is 1. The first kappa shape index (κ1) is 18.2. The largest absolute Gasteiger partial charge is 0.301 e. The first-order valence-electron chi connectivity index (χ1n) is 10.1. The van der Waals surface area contributed by atoms with Crippen molar-refractivity contribution in [3.05, 3.63) is 34.3 Å². The number of carbonyl (C=O) groups is 1. The summed E-state index contributed by atoms with van der Waals surface area (Å²) in [5, 5.41) is 13.0. The first-order chi connectivity index (χ1) is 13.5. The average molecular weight is 416 g/mol. The van der Waals surface area contributed by atoms with Gasteiger partial charge in [-0.1, -0.05) is 6.08 Å². The van der Waals surface area contributed by atoms with Crippen LogP contribution in [0.2, 0.25) is 0 Å². The number of H-pyrrole nitrogens is 1. The minimum atomic E-state index is -0.146. The summed E-state index contributed by atoms with van der Waals surface area (Å²) in [7, 11) is 0. The molecule has 2 aromatic heterocycles. The highest BCUT2D eigenvalue weighted by Gasteiger charge is 2.54. The van der Waals surface area contributed by atoms with Crippen molar-refractivity contribution >= 4 is 34.6 Å². The molecule has 2 aromatic rings. The zero-order valence-electron chi connectivity index (χ0n) is 15.8. The van der Waals surface area contributed by atoms with E-state index in [1.165, 1.54) is 30.6 Å². The summed E-state index contributed by atoms with van der Waals surface area (Å²) < 4.78 is 2.50. The van der Waals surface area contributed by atoms with Crippen molar-refractivity contribution in [1.82, 2.24) is 19.7 Å². The zero-order chi connectivity index (χ0) is 19.3. The van der Waals surface area contributed by atoms with E-state index in [2.05, 4.69) is 27.1 Å². The Labute approximate surface area is 173 Å². The van der Waals surface area contributed by atoms with Crippen LogP contribution < -0.4 is 5.32 Å². The molecular formula is C20H25N5OS2. The van der Waals surface area contributed by atoms with E-state index in [1.807, 2.05) is 9.95 Å². The molecule has 0 atom stereocenters. The Morgan fingerprint density at radius 1 is 1.36 bits per heavy atom. The Bertz CT molecular complexity index is 936. The fraction of sp³-hybridized carbons (Fsp3) is 0.600. The van der Waals surface area contributed by atoms with E-state index in [1.54, 1.807) is 6.08 Å². The van der Waals surface area contributed by atoms with Gasteiger partial charge in [-0.05, 0) is 68.5 Å². The molecule has 4 saturated carbocycles. The predicted octanol–water partition coefficient (Wildman–Crippen LogP) is 4.33. The summed E-state index contributed by atoms with van der Waals surface area (Å²) in [5.74, 6) is 3.31. The smallest absolute Gasteiger partial charge is 0.232 e. The molecule has 0 aromatic carbocycles. The van der Waals surface area contributed by atoms with Gasteiger partial charge in [-0.25, -0.2) is 4.98 Å². The molecule has 4 fully saturated rings. The quantitative estimate of drug-likeness (QED) is 0.544. The summed E-state index contributed by atoms with van der Waals surface area (Å²) >= 11 is 6.76. The Hall–Kier alpha value is -1.80. The number of thiazole rings is 1. The topological polar surface area (TPSA) is 75.6 Å². The molecule has 2 N–H and O–H groups in total. The lowest BCUT2D eigenvalue weighted by atomic mass is 9.49. The van der Waals surface area contributed by atoms with Crippen molar-refractivity contribution in [2.45, 2.75) is 51.5 Å². The summed E-state index contributed by atoms with van der Waals surface area (Å²) in [5.41, 5.74) is 0.748. The lowest BCUT2D eigenvalue weighted by Gasteiger charge is -2.55. The maximum Gasteiger partial charge on any atom is 0.232 e. The van der Waals surface area contributed by atoms with E-state index in [9.17, 15) is 4.79 Å². The van der Waals surface area contributed by atoms with Crippen molar-refractivity contribution in [1.29, 1.82) is 0 Å². The van der Waals surface area contributed by atoms with E-state index in [-0.39, 0.29) is 11.3 Å². The van der Waals surface area contributed by atoms with E-state index < -0.39 is 0 Å². The van der Waals surface area contributed by atoms with Crippen LogP contribution >= 0.6 is 23.6 Å². The number of amides is 1. The van der Waals surface area contributed by atoms with Crippen LogP contribution in [0.15, 0.2) is 18.0 Å². The van der Waals surface area contributed by atoms with Crippen molar-refractivity contribution in [3.63, 3.8) is 0 Å². The molecule has 148 valence electrons. The monoisotopic (exact) mass is 415 g/mol. The van der Waals surface area contributed by atoms with Crippen molar-refractivity contribution < 1.29 is 4.79 Å². The van der Waals surface area contributed by atoms with Gasteiger partial charge in [-0.3, -0.25) is 14.5 Å². The Morgan fingerprint density at radius 2 is 2.04 bits per heavy atom. The molecule has 8 heteroatoms. The van der Waals surface area contributed by atoms with E-state index in [0.717, 1.165) is 48.5 Å². The standard InChI is InChI=1S/C20H25N5OS2/c1-2-3-25-16(23-24-19(25)27)7-15-11-28-18(21-15)22-17(26)20-8-12-4-13(9-20)6-14(5-12)10-20/h2,11-14H,1,3-10H2,(H,24,27)(H,21,22,26). The van der Waals surface area contributed by atoms with Gasteiger partial charge in [0.2, 0.25) is 5.91 Å². The van der Waals surface area contributed by atoms with Gasteiger partial charge in [0.25, 0.3) is 0 Å². The maximum atomic E-state index is 13.2. The molecule has 0 spiro atoms. The molecular weight excluding hydrogens is 390 g/mol. The van der Waals surface area contributed by atoms with Crippen molar-refractivity contribution in [2.75, 3.05) is 5.32 Å². The average Bonchev–Trinajstić information content (AvgIpc) is 3.22. The highest BCUT2D eigenvalue weighted by atomic mass is 32.1. The summed E-state index contributed by atoms with van der Waals surface area (Å²) in [6, 6.07) is 0. The number of hydrogen-bond donors (Lipinski definition) is 2. The Kier molecular flexibility index (Phi) is 4.50. The van der Waals surface area contributed by atoms with Crippen LogP contribution in [0.1, 0.15) is 50.0 Å². The molecule has 0 aliphatic heterocycles. The third kappa shape index (κ3) is 3.16. The predicted molar refractivity (Wildman–Crippen MR) is 112 cm³/mol. The number of nitrogens with one attached hydrogen (secondary N) is 2. The number of hydrogen-bond acceptors (Lipinski definition) is 5. The molecule has 6 rings (SSSR count). The molecule has 0 saturated heterocycles. The number of aromatic nitrogens is 4. The number of rotatable bonds is 6. The van der Waals surface area contributed by atoms with Crippen LogP contribution in [0.25, 0.3) is 0 Å². The SMILES string of the molecule is C=CCn1c(Cc2csc(NC(=O)C34CC5CC(CC(C5)C3)C4)n2)n[nH]c1=S. The number of carbonyl (C=O) groups excluding carboxylic acids is 1. The molecule has 4 aliphatic rings. The molecule has 6 nitrogen and oxygen atoms in total. The van der Waals surface area contributed by atoms with Crippen LogP contribution in [0.5, 0.6) is 0 Å². The second kappa shape index (κ2) is 6.91. The third-order valence-corrected chi connectivity index (χ3v) is 7.90. The zero-order valence-corrected chi connectivity index (χ0v) is 17.5. The van der Waals surface area contributed by atoms with Gasteiger partial charge < -0.3 is 5.32 Å². The highest BCUT2D eigenvalue weighted by Crippen LogP contribution is 2.60. The number of aromatic amines is 1. The molecule has 0 radical (unpaired) electrons. The maximum absolute atomic E-state index is 13.2. The van der Waals surface area contributed by atoms with Crippen LogP contribution in [-0.4, -0.2) is 25.7 Å². The van der Waals surface area contributed by atoms with Gasteiger partial charge in [0.05, 0.1) is 17.5 Å². The second-order valence-electron chi connectivity index (χ2n) is 8.82. The number of anilines is 1. The normalized spacial score (nSPS) is 30.5. The molecule has 1 amide bonds. The minimum Gasteiger partial charge on any atom is -0.301 e. The molecule has 2 heterocycles. The molecule has 0 unspecified atom stereocenters. The first-order valence-corrected chi connectivity index (χ1v) is 11.3. The van der Waals surface area contributed by atoms with Gasteiger partial charge >= 0.3 is 0 Å². The Morgan fingerprint density at radius 3 is 2.68 bits per heavy atom. The van der Waals surface area contributed by atoms with Crippen molar-refractivity contribution in [3.8, 4) is 0 Å². The van der Waals surface area contributed by atoms with E-state index in [4.69, 9.17) is 12.2 Å². The van der Waals surface area contributed by atoms with Crippen LogP contribution in [0.3, 0.4) is 0 Å². The fourth-order valence-corrected chi connectivity index (χ4v) is 6.96. The van der Waals surface area contributed by atoms with Gasteiger partial charge in [-0.2, -0.15) is 5.10 Å². The summed E-state index contributed by atoms with van der Waals surface area (Å²) in [4.78, 5) is 17.8. The summed E-state index contributed by atoms with van der Waals surface area (Å²) in [6.45, 7) is 4.38. The van der Waals surface area contributed by atoms with Gasteiger partial charge in [-0.15, -0.1) is 17.9 Å². The van der Waals surface area contributed by atoms with Gasteiger partial charge in [0.1, 0.15) is 5.82 Å². The van der Waals surface area contributed by atoms with E-state index in [0.29, 0.717) is 22.9 Å². The second-order valence-corrected chi connectivity index (χ2v) is 10.1. The van der Waals surface area contributed by atoms with Gasteiger partial charge in [0.15, 0.2) is 9.90 Å². The van der Waals surface area contributed by atoms with Crippen LogP contribution in [0.4, 0.5) is 5.13 Å². The fourth-order valence-electron chi connectivity index (χ4n) is 6.03. The van der Waals surface area contributed by atoms with Crippen LogP contribution in [0, 0.1) is 27.9 Å². The molecule has 4 aliphatic carbocycles. The summed E-state index contributed by atoms with van der Waals surface area (Å²) in [6.07, 6.45) is 9.60. The minimum absolute atomic E-state index is 0.146. The molecule has 4 bridgehead atoms.